The quantitative estimate of drug-likeness (QED) is 0.0843. The van der Waals surface area contributed by atoms with Crippen molar-refractivity contribution in [2.45, 2.75) is 63.4 Å². The molecule has 1 fully saturated rings. The lowest BCUT2D eigenvalue weighted by atomic mass is 9.88. The van der Waals surface area contributed by atoms with Crippen molar-refractivity contribution in [2.75, 3.05) is 25.1 Å². The second-order valence-corrected chi connectivity index (χ2v) is 16.0. The maximum atomic E-state index is 9.98. The van der Waals surface area contributed by atoms with Crippen LogP contribution in [-0.4, -0.2) is 49.3 Å². The molecular weight excluding hydrogens is 755 g/mol. The Morgan fingerprint density at radius 3 is 1.68 bits per heavy atom. The van der Waals surface area contributed by atoms with E-state index in [1.54, 1.807) is 0 Å². The molecule has 7 nitrogen and oxygen atoms in total. The number of aliphatic hydroxyl groups excluding tert-OH is 1. The molecule has 0 radical (unpaired) electrons. The molecule has 5 atom stereocenters. The van der Waals surface area contributed by atoms with Gasteiger partial charge in [0.25, 0.3) is 0 Å². The SMILES string of the molecule is OCCNc1ccc(Cc2cc3ccccc3s2)cc1[C@@H]1O[C@H](COCc2ccccc2)[C@@H](OCc2ccccc2)[C@H](OCc2ccccc2)[C@H]1OCc1ccccc1. The number of benzene rings is 6. The third kappa shape index (κ3) is 10.9. The highest BCUT2D eigenvalue weighted by Crippen LogP contribution is 2.42. The van der Waals surface area contributed by atoms with Crippen molar-refractivity contribution in [1.82, 2.24) is 0 Å². The van der Waals surface area contributed by atoms with Crippen LogP contribution in [0.3, 0.4) is 0 Å². The van der Waals surface area contributed by atoms with Crippen LogP contribution in [-0.2, 0) is 56.5 Å². The lowest BCUT2D eigenvalue weighted by Crippen LogP contribution is -2.58. The number of aliphatic hydroxyl groups is 1. The molecule has 0 aliphatic carbocycles. The van der Waals surface area contributed by atoms with Crippen LogP contribution in [0.25, 0.3) is 10.1 Å². The molecule has 1 aromatic heterocycles. The normalized spacial score (nSPS) is 19.2. The molecule has 0 spiro atoms. The molecule has 8 heteroatoms. The van der Waals surface area contributed by atoms with Gasteiger partial charge in [-0.05, 0) is 51.4 Å². The zero-order chi connectivity index (χ0) is 40.1. The van der Waals surface area contributed by atoms with Crippen molar-refractivity contribution >= 4 is 27.1 Å². The van der Waals surface area contributed by atoms with Gasteiger partial charge in [-0.1, -0.05) is 152 Å². The van der Waals surface area contributed by atoms with Gasteiger partial charge < -0.3 is 34.1 Å². The van der Waals surface area contributed by atoms with Gasteiger partial charge in [-0.3, -0.25) is 0 Å². The van der Waals surface area contributed by atoms with E-state index in [1.165, 1.54) is 15.0 Å². The summed E-state index contributed by atoms with van der Waals surface area (Å²) in [5.74, 6) is 0. The lowest BCUT2D eigenvalue weighted by molar-refractivity contribution is -0.275. The number of anilines is 1. The maximum absolute atomic E-state index is 9.98. The first-order valence-corrected chi connectivity index (χ1v) is 21.2. The van der Waals surface area contributed by atoms with Gasteiger partial charge in [0.05, 0.1) is 39.6 Å². The smallest absolute Gasteiger partial charge is 0.117 e. The van der Waals surface area contributed by atoms with Crippen LogP contribution in [0.5, 0.6) is 0 Å². The molecular formula is C51H51NO6S. The minimum absolute atomic E-state index is 0.0173. The number of rotatable bonds is 19. The number of hydrogen-bond acceptors (Lipinski definition) is 8. The van der Waals surface area contributed by atoms with E-state index < -0.39 is 30.5 Å². The first kappa shape index (κ1) is 40.6. The molecule has 6 aromatic carbocycles. The number of fused-ring (bicyclic) bond motifs is 1. The van der Waals surface area contributed by atoms with E-state index in [0.29, 0.717) is 33.0 Å². The van der Waals surface area contributed by atoms with E-state index in [-0.39, 0.29) is 13.2 Å². The fraction of sp³-hybridized carbons (Fsp3) is 0.255. The molecule has 0 amide bonds. The van der Waals surface area contributed by atoms with Gasteiger partial charge in [0.1, 0.15) is 30.5 Å². The highest BCUT2D eigenvalue weighted by Gasteiger charge is 2.49. The van der Waals surface area contributed by atoms with Gasteiger partial charge in [-0.25, -0.2) is 0 Å². The number of ether oxygens (including phenoxy) is 5. The summed E-state index contributed by atoms with van der Waals surface area (Å²) in [4.78, 5) is 1.28. The second kappa shape index (κ2) is 20.7. The van der Waals surface area contributed by atoms with Gasteiger partial charge in [0, 0.05) is 33.8 Å². The van der Waals surface area contributed by atoms with Gasteiger partial charge in [0.15, 0.2) is 0 Å². The Balaban J connectivity index is 1.20. The van der Waals surface area contributed by atoms with Crippen molar-refractivity contribution in [3.05, 3.63) is 208 Å². The third-order valence-electron chi connectivity index (χ3n) is 10.6. The van der Waals surface area contributed by atoms with E-state index in [4.69, 9.17) is 23.7 Å². The van der Waals surface area contributed by atoms with Gasteiger partial charge in [-0.2, -0.15) is 0 Å². The molecule has 8 rings (SSSR count). The third-order valence-corrected chi connectivity index (χ3v) is 11.7. The van der Waals surface area contributed by atoms with Crippen molar-refractivity contribution in [2.24, 2.45) is 0 Å². The van der Waals surface area contributed by atoms with Crippen molar-refractivity contribution in [3.8, 4) is 0 Å². The van der Waals surface area contributed by atoms with E-state index in [2.05, 4.69) is 102 Å². The summed E-state index contributed by atoms with van der Waals surface area (Å²) < 4.78 is 36.1. The molecule has 1 saturated heterocycles. The summed E-state index contributed by atoms with van der Waals surface area (Å²) in [6, 6.07) is 58.1. The minimum Gasteiger partial charge on any atom is -0.395 e. The zero-order valence-electron chi connectivity index (χ0n) is 33.1. The summed E-state index contributed by atoms with van der Waals surface area (Å²) >= 11 is 1.82. The molecule has 2 heterocycles. The summed E-state index contributed by atoms with van der Waals surface area (Å²) in [6.45, 7) is 2.11. The second-order valence-electron chi connectivity index (χ2n) is 14.9. The van der Waals surface area contributed by atoms with Crippen molar-refractivity contribution in [1.29, 1.82) is 0 Å². The van der Waals surface area contributed by atoms with Crippen LogP contribution in [0.2, 0.25) is 0 Å². The first-order chi connectivity index (χ1) is 29.2. The van der Waals surface area contributed by atoms with Crippen molar-refractivity contribution < 1.29 is 28.8 Å². The van der Waals surface area contributed by atoms with Gasteiger partial charge in [0.2, 0.25) is 0 Å². The molecule has 302 valence electrons. The van der Waals surface area contributed by atoms with Crippen LogP contribution in [0.15, 0.2) is 170 Å². The molecule has 1 aliphatic rings. The predicted octanol–water partition coefficient (Wildman–Crippen LogP) is 10.3. The fourth-order valence-corrected chi connectivity index (χ4v) is 8.77. The van der Waals surface area contributed by atoms with E-state index in [9.17, 15) is 5.11 Å². The summed E-state index contributed by atoms with van der Waals surface area (Å²) in [5.41, 5.74) is 7.16. The minimum atomic E-state index is -0.598. The Hall–Kier alpha value is -5.16. The maximum Gasteiger partial charge on any atom is 0.117 e. The van der Waals surface area contributed by atoms with Crippen LogP contribution >= 0.6 is 11.3 Å². The largest absolute Gasteiger partial charge is 0.395 e. The Morgan fingerprint density at radius 1 is 0.542 bits per heavy atom. The lowest BCUT2D eigenvalue weighted by Gasteiger charge is -2.47. The Kier molecular flexibility index (Phi) is 14.2. The summed E-state index contributed by atoms with van der Waals surface area (Å²) in [6.07, 6.45) is -2.08. The molecule has 2 N–H and O–H groups in total. The standard InChI is InChI=1S/C51H51NO6S/c53-28-27-52-45-26-25-41(29-43-31-42-23-13-14-24-47(42)59-43)30-44(45)48-50(56-34-39-19-9-3-10-20-39)51(57-35-40-21-11-4-12-22-40)49(55-33-38-17-7-2-8-18-38)46(58-48)36-54-32-37-15-5-1-6-16-37/h1-26,30-31,46,48-53H,27-29,32-36H2/t46-,48+,49-,50+,51+/m1/s1. The highest BCUT2D eigenvalue weighted by molar-refractivity contribution is 7.19. The fourth-order valence-electron chi connectivity index (χ4n) is 7.67. The molecule has 0 bridgehead atoms. The Bertz CT molecular complexity index is 2270. The monoisotopic (exact) mass is 805 g/mol. The number of thiophene rings is 1. The molecule has 59 heavy (non-hydrogen) atoms. The van der Waals surface area contributed by atoms with Crippen LogP contribution in [0, 0.1) is 0 Å². The number of nitrogens with one attached hydrogen (secondary N) is 1. The van der Waals surface area contributed by atoms with Crippen LogP contribution in [0.4, 0.5) is 5.69 Å². The summed E-state index contributed by atoms with van der Waals surface area (Å²) in [5, 5.41) is 14.7. The van der Waals surface area contributed by atoms with Crippen LogP contribution < -0.4 is 5.32 Å². The van der Waals surface area contributed by atoms with Gasteiger partial charge in [-0.15, -0.1) is 11.3 Å². The molecule has 0 unspecified atom stereocenters. The Labute approximate surface area is 351 Å². The predicted molar refractivity (Wildman–Crippen MR) is 235 cm³/mol. The Morgan fingerprint density at radius 2 is 1.08 bits per heavy atom. The first-order valence-electron chi connectivity index (χ1n) is 20.4. The van der Waals surface area contributed by atoms with E-state index in [1.807, 2.05) is 84.1 Å². The average Bonchev–Trinajstić information content (AvgIpc) is 3.70. The average molecular weight is 806 g/mol. The molecule has 0 saturated carbocycles. The van der Waals surface area contributed by atoms with E-state index in [0.717, 1.165) is 45.5 Å². The highest BCUT2D eigenvalue weighted by atomic mass is 32.1. The molecule has 7 aromatic rings. The topological polar surface area (TPSA) is 78.4 Å². The molecule has 1 aliphatic heterocycles. The summed E-state index contributed by atoms with van der Waals surface area (Å²) in [7, 11) is 0. The van der Waals surface area contributed by atoms with E-state index >= 15 is 0 Å². The number of hydrogen-bond donors (Lipinski definition) is 2. The van der Waals surface area contributed by atoms with Gasteiger partial charge >= 0.3 is 0 Å². The zero-order valence-corrected chi connectivity index (χ0v) is 33.9. The van der Waals surface area contributed by atoms with Crippen molar-refractivity contribution in [3.63, 3.8) is 0 Å². The van der Waals surface area contributed by atoms with Crippen LogP contribution in [0.1, 0.15) is 44.4 Å².